The Morgan fingerprint density at radius 2 is 2.11 bits per heavy atom. The largest absolute Gasteiger partial charge is 0.478 e. The number of anilines is 1. The number of hydrogen-bond acceptors (Lipinski definition) is 3. The van der Waals surface area contributed by atoms with Crippen molar-refractivity contribution in [3.05, 3.63) is 41.7 Å². The first-order valence-electron chi connectivity index (χ1n) is 5.06. The van der Waals surface area contributed by atoms with E-state index < -0.39 is 23.5 Å². The number of amides is 1. The second kappa shape index (κ2) is 4.40. The van der Waals surface area contributed by atoms with Gasteiger partial charge in [0.15, 0.2) is 0 Å². The summed E-state index contributed by atoms with van der Waals surface area (Å²) in [6, 6.07) is 3.46. The lowest BCUT2D eigenvalue weighted by Gasteiger charge is -2.13. The van der Waals surface area contributed by atoms with Crippen molar-refractivity contribution >= 4 is 23.3 Å². The molecule has 18 heavy (non-hydrogen) atoms. The van der Waals surface area contributed by atoms with Gasteiger partial charge in [-0.2, -0.15) is 0 Å². The lowest BCUT2D eigenvalue weighted by atomic mass is 10.1. The van der Waals surface area contributed by atoms with E-state index in [0.29, 0.717) is 5.69 Å². The van der Waals surface area contributed by atoms with Crippen molar-refractivity contribution in [3.8, 4) is 0 Å². The zero-order valence-corrected chi connectivity index (χ0v) is 9.09. The van der Waals surface area contributed by atoms with Crippen LogP contribution in [0, 0.1) is 5.82 Å². The molecule has 0 saturated carbocycles. The van der Waals surface area contributed by atoms with Crippen LogP contribution in [0.3, 0.4) is 0 Å². The molecule has 1 N–H and O–H groups in total. The zero-order valence-electron chi connectivity index (χ0n) is 9.09. The fraction of sp³-hybridized carbons (Fsp3) is 0.0833. The SMILES string of the molecule is O=C(O)/C=C/CN1C(=O)C(=O)c2cc(F)ccc21. The highest BCUT2D eigenvalue weighted by atomic mass is 19.1. The third-order valence-corrected chi connectivity index (χ3v) is 2.48. The predicted octanol–water partition coefficient (Wildman–Crippen LogP) is 0.996. The maximum absolute atomic E-state index is 13.0. The predicted molar refractivity (Wildman–Crippen MR) is 59.9 cm³/mol. The van der Waals surface area contributed by atoms with Crippen LogP contribution < -0.4 is 4.90 Å². The van der Waals surface area contributed by atoms with Gasteiger partial charge in [0, 0.05) is 12.6 Å². The second-order valence-corrected chi connectivity index (χ2v) is 3.65. The number of halogens is 1. The number of carboxylic acid groups (broad SMARTS) is 1. The van der Waals surface area contributed by atoms with Crippen LogP contribution in [-0.2, 0) is 9.59 Å². The summed E-state index contributed by atoms with van der Waals surface area (Å²) in [6.45, 7) is -0.0461. The molecule has 0 radical (unpaired) electrons. The highest BCUT2D eigenvalue weighted by molar-refractivity contribution is 6.52. The minimum absolute atomic E-state index is 0.00345. The normalized spacial score (nSPS) is 14.4. The summed E-state index contributed by atoms with van der Waals surface area (Å²) in [4.78, 5) is 34.6. The van der Waals surface area contributed by atoms with Gasteiger partial charge >= 0.3 is 5.97 Å². The molecule has 1 aliphatic rings. The summed E-state index contributed by atoms with van der Waals surface area (Å²) in [5.41, 5.74) is 0.296. The summed E-state index contributed by atoms with van der Waals surface area (Å²) in [7, 11) is 0. The Hall–Kier alpha value is -2.50. The number of fused-ring (bicyclic) bond motifs is 1. The molecule has 92 valence electrons. The molecule has 0 fully saturated rings. The van der Waals surface area contributed by atoms with Crippen molar-refractivity contribution in [2.75, 3.05) is 11.4 Å². The van der Waals surface area contributed by atoms with E-state index in [1.54, 1.807) is 0 Å². The van der Waals surface area contributed by atoms with Crippen LogP contribution in [0.15, 0.2) is 30.4 Å². The Balaban J connectivity index is 2.31. The van der Waals surface area contributed by atoms with Crippen molar-refractivity contribution in [3.63, 3.8) is 0 Å². The number of benzene rings is 1. The number of carbonyl (C=O) groups excluding carboxylic acids is 2. The molecule has 2 rings (SSSR count). The first kappa shape index (κ1) is 12.0. The molecule has 1 amide bonds. The number of aliphatic carboxylic acids is 1. The van der Waals surface area contributed by atoms with Gasteiger partial charge in [-0.25, -0.2) is 9.18 Å². The standard InChI is InChI=1S/C12H8FNO4/c13-7-3-4-9-8(6-7)11(17)12(18)14(9)5-1-2-10(15)16/h1-4,6H,5H2,(H,15,16)/b2-1+. The Bertz CT molecular complexity index is 579. The molecule has 1 aromatic rings. The van der Waals surface area contributed by atoms with E-state index in [1.165, 1.54) is 12.1 Å². The van der Waals surface area contributed by atoms with Crippen LogP contribution >= 0.6 is 0 Å². The van der Waals surface area contributed by atoms with E-state index in [0.717, 1.165) is 23.1 Å². The topological polar surface area (TPSA) is 74.7 Å². The molecule has 1 aromatic carbocycles. The molecule has 0 bridgehead atoms. The number of carbonyl (C=O) groups is 3. The summed E-state index contributed by atoms with van der Waals surface area (Å²) in [5.74, 6) is -3.32. The van der Waals surface area contributed by atoms with Crippen molar-refractivity contribution in [1.29, 1.82) is 0 Å². The smallest absolute Gasteiger partial charge is 0.328 e. The summed E-state index contributed by atoms with van der Waals surface area (Å²) in [5, 5.41) is 8.43. The molecule has 6 heteroatoms. The van der Waals surface area contributed by atoms with Gasteiger partial charge in [-0.05, 0) is 18.2 Å². The Morgan fingerprint density at radius 1 is 1.39 bits per heavy atom. The minimum atomic E-state index is -1.15. The van der Waals surface area contributed by atoms with E-state index in [2.05, 4.69) is 0 Å². The average molecular weight is 249 g/mol. The lowest BCUT2D eigenvalue weighted by Crippen LogP contribution is -2.29. The van der Waals surface area contributed by atoms with Gasteiger partial charge in [-0.3, -0.25) is 9.59 Å². The van der Waals surface area contributed by atoms with Crippen LogP contribution in [0.2, 0.25) is 0 Å². The summed E-state index contributed by atoms with van der Waals surface area (Å²) >= 11 is 0. The maximum Gasteiger partial charge on any atom is 0.328 e. The van der Waals surface area contributed by atoms with Crippen LogP contribution in [0.25, 0.3) is 0 Å². The number of nitrogens with zero attached hydrogens (tertiary/aromatic N) is 1. The van der Waals surface area contributed by atoms with Crippen LogP contribution in [0.5, 0.6) is 0 Å². The Morgan fingerprint density at radius 3 is 2.78 bits per heavy atom. The maximum atomic E-state index is 13.0. The monoisotopic (exact) mass is 249 g/mol. The molecule has 0 saturated heterocycles. The molecule has 0 aromatic heterocycles. The molecule has 0 unspecified atom stereocenters. The number of hydrogen-bond donors (Lipinski definition) is 1. The molecule has 1 heterocycles. The van der Waals surface area contributed by atoms with Crippen LogP contribution in [0.4, 0.5) is 10.1 Å². The van der Waals surface area contributed by atoms with Gasteiger partial charge < -0.3 is 10.0 Å². The quantitative estimate of drug-likeness (QED) is 0.640. The first-order chi connectivity index (χ1) is 8.50. The van der Waals surface area contributed by atoms with Crippen molar-refractivity contribution in [2.45, 2.75) is 0 Å². The number of carboxylic acids is 1. The van der Waals surface area contributed by atoms with Gasteiger partial charge in [-0.1, -0.05) is 6.08 Å². The molecule has 0 spiro atoms. The van der Waals surface area contributed by atoms with Gasteiger partial charge in [0.2, 0.25) is 0 Å². The van der Waals surface area contributed by atoms with Crippen molar-refractivity contribution in [1.82, 2.24) is 0 Å². The minimum Gasteiger partial charge on any atom is -0.478 e. The van der Waals surface area contributed by atoms with E-state index in [1.807, 2.05) is 0 Å². The second-order valence-electron chi connectivity index (χ2n) is 3.65. The van der Waals surface area contributed by atoms with E-state index in [9.17, 15) is 18.8 Å². The number of ketones is 1. The molecule has 5 nitrogen and oxygen atoms in total. The Kier molecular flexibility index (Phi) is 2.93. The van der Waals surface area contributed by atoms with E-state index in [4.69, 9.17) is 5.11 Å². The van der Waals surface area contributed by atoms with Gasteiger partial charge in [-0.15, -0.1) is 0 Å². The van der Waals surface area contributed by atoms with Gasteiger partial charge in [0.25, 0.3) is 11.7 Å². The van der Waals surface area contributed by atoms with E-state index >= 15 is 0 Å². The first-order valence-corrected chi connectivity index (χ1v) is 5.06. The third-order valence-electron chi connectivity index (χ3n) is 2.48. The summed E-state index contributed by atoms with van der Waals surface area (Å²) < 4.78 is 13.0. The molecule has 0 aliphatic carbocycles. The molecule has 1 aliphatic heterocycles. The highest BCUT2D eigenvalue weighted by Crippen LogP contribution is 2.29. The lowest BCUT2D eigenvalue weighted by molar-refractivity contribution is -0.131. The summed E-state index contributed by atoms with van der Waals surface area (Å²) in [6.07, 6.45) is 2.12. The van der Waals surface area contributed by atoms with Crippen LogP contribution in [-0.4, -0.2) is 29.3 Å². The van der Waals surface area contributed by atoms with Crippen molar-refractivity contribution in [2.24, 2.45) is 0 Å². The van der Waals surface area contributed by atoms with Crippen LogP contribution in [0.1, 0.15) is 10.4 Å². The van der Waals surface area contributed by atoms with E-state index in [-0.39, 0.29) is 12.1 Å². The average Bonchev–Trinajstić information content (AvgIpc) is 2.54. The number of rotatable bonds is 3. The van der Waals surface area contributed by atoms with Crippen molar-refractivity contribution < 1.29 is 23.9 Å². The third kappa shape index (κ3) is 2.00. The molecule has 0 atom stereocenters. The Labute approximate surface area is 101 Å². The van der Waals surface area contributed by atoms with Gasteiger partial charge in [0.1, 0.15) is 5.82 Å². The number of Topliss-reactive ketones (excluding diaryl/α,β-unsaturated/α-hetero) is 1. The fourth-order valence-corrected chi connectivity index (χ4v) is 1.71. The fourth-order valence-electron chi connectivity index (χ4n) is 1.71. The molecular weight excluding hydrogens is 241 g/mol. The molecular formula is C12H8FNO4. The zero-order chi connectivity index (χ0) is 13.3. The van der Waals surface area contributed by atoms with Gasteiger partial charge in [0.05, 0.1) is 11.3 Å². The highest BCUT2D eigenvalue weighted by Gasteiger charge is 2.35.